The van der Waals surface area contributed by atoms with Gasteiger partial charge in [0.1, 0.15) is 12.7 Å². The minimum absolute atomic E-state index is 0.0282. The molecule has 12 heteroatoms. The van der Waals surface area contributed by atoms with Crippen LogP contribution in [-0.2, 0) is 42.2 Å². The van der Waals surface area contributed by atoms with Crippen LogP contribution in [0.25, 0.3) is 0 Å². The Kier molecular flexibility index (Phi) is 58.4. The van der Waals surface area contributed by atoms with Crippen molar-refractivity contribution in [3.8, 4) is 0 Å². The van der Waals surface area contributed by atoms with E-state index >= 15 is 0 Å². The lowest BCUT2D eigenvalue weighted by Gasteiger charge is -2.21. The number of carbonyl (C=O) groups is 3. The summed E-state index contributed by atoms with van der Waals surface area (Å²) in [5.74, 6) is -1.62. The quantitative estimate of drug-likeness (QED) is 0.0197. The Hall–Kier alpha value is -4.90. The van der Waals surface area contributed by atoms with Gasteiger partial charge in [-0.2, -0.15) is 0 Å². The number of hydrogen-bond donors (Lipinski definition) is 2. The Morgan fingerprint density at radius 1 is 0.354 bits per heavy atom. The highest BCUT2D eigenvalue weighted by Crippen LogP contribution is 2.43. The number of aliphatic hydroxyl groups is 1. The molecule has 11 nitrogen and oxygen atoms in total. The highest BCUT2D eigenvalue weighted by atomic mass is 31.2. The smallest absolute Gasteiger partial charge is 0.462 e. The Bertz CT molecular complexity index is 1980. The maximum atomic E-state index is 12.9. The largest absolute Gasteiger partial charge is 0.472 e. The standard InChI is InChI=1S/C70H111O11P/c1-4-7-10-13-16-19-22-25-28-31-33-36-38-41-44-47-50-53-56-59-68(72)77-63-67(81-70(74)61-58-55-52-49-46-43-40-37-34-32-29-26-23-20-17-14-11-8-5-2)65-79-82(75,76)78-64-66(62-71)80-69(73)60-57-54-51-48-45-42-39-35-30-27-24-21-18-15-12-9-6-3/h8-9,11-12,16-21,25-30,33-34,36-37,39,42-43,46,52,55,66-67,71H,4-7,10,13-15,22-24,31-32,35,38,40-41,44-45,47-51,53-54,56-65H2,1-3H3,(H,75,76)/b11-8-,12-9-,19-16-,20-17-,21-18-,28-25-,29-26-,30-27-,36-33-,37-34-,42-39-,46-43-,55-52-. The van der Waals surface area contributed by atoms with E-state index in [1.807, 2.05) is 12.2 Å². The molecular formula is C70H111O11P. The number of carbonyl (C=O) groups excluding carboxylic acids is 3. The number of phosphoric acid groups is 1. The lowest BCUT2D eigenvalue weighted by molar-refractivity contribution is -0.161. The summed E-state index contributed by atoms with van der Waals surface area (Å²) in [6.45, 7) is 4.25. The second-order valence-corrected chi connectivity index (χ2v) is 21.6. The van der Waals surface area contributed by atoms with Crippen molar-refractivity contribution in [2.45, 2.75) is 238 Å². The highest BCUT2D eigenvalue weighted by Gasteiger charge is 2.28. The molecule has 0 fully saturated rings. The van der Waals surface area contributed by atoms with Gasteiger partial charge in [0.2, 0.25) is 0 Å². The number of unbranched alkanes of at least 4 members (excludes halogenated alkanes) is 13. The number of rotatable bonds is 56. The molecule has 0 rings (SSSR count). The molecule has 2 N–H and O–H groups in total. The number of hydrogen-bond acceptors (Lipinski definition) is 10. The second kappa shape index (κ2) is 62.2. The van der Waals surface area contributed by atoms with Crippen LogP contribution in [-0.4, -0.2) is 66.5 Å². The van der Waals surface area contributed by atoms with Crippen molar-refractivity contribution in [1.29, 1.82) is 0 Å². The van der Waals surface area contributed by atoms with Crippen LogP contribution in [0.3, 0.4) is 0 Å². The van der Waals surface area contributed by atoms with Gasteiger partial charge in [-0.25, -0.2) is 4.57 Å². The monoisotopic (exact) mass is 1160 g/mol. The van der Waals surface area contributed by atoms with E-state index in [9.17, 15) is 28.9 Å². The van der Waals surface area contributed by atoms with E-state index < -0.39 is 57.8 Å². The molecule has 0 aromatic carbocycles. The Balaban J connectivity index is 4.89. The number of allylic oxidation sites excluding steroid dienone is 26. The first-order chi connectivity index (χ1) is 40.2. The molecule has 462 valence electrons. The molecule has 0 spiro atoms. The van der Waals surface area contributed by atoms with Crippen LogP contribution in [0.5, 0.6) is 0 Å². The first kappa shape index (κ1) is 77.1. The van der Waals surface area contributed by atoms with Gasteiger partial charge in [-0.1, -0.05) is 230 Å². The second-order valence-electron chi connectivity index (χ2n) is 20.1. The summed E-state index contributed by atoms with van der Waals surface area (Å²) in [5, 5.41) is 9.85. The van der Waals surface area contributed by atoms with E-state index in [-0.39, 0.29) is 25.9 Å². The molecule has 0 aliphatic heterocycles. The van der Waals surface area contributed by atoms with E-state index in [2.05, 4.69) is 167 Å². The molecule has 0 aromatic heterocycles. The third kappa shape index (κ3) is 59.7. The van der Waals surface area contributed by atoms with Crippen molar-refractivity contribution in [3.63, 3.8) is 0 Å². The molecule has 0 amide bonds. The average molecular weight is 1160 g/mol. The fourth-order valence-electron chi connectivity index (χ4n) is 7.73. The third-order valence-electron chi connectivity index (χ3n) is 12.4. The SMILES string of the molecule is CC/C=C\C/C=C\C/C=C\C/C=C\C/C=C\C/C=C\CCC(=O)OC(COC(=O)CCCCCCCC/C=C\C/C=C\C/C=C\CCCCC)COP(=O)(O)OCC(CO)OC(=O)CCCCCC/C=C\C/C=C\C/C=C\C/C=C\CC. The molecule has 0 aliphatic rings. The predicted molar refractivity (Wildman–Crippen MR) is 343 cm³/mol. The molecule has 0 aliphatic carbocycles. The van der Waals surface area contributed by atoms with Crippen molar-refractivity contribution in [2.75, 3.05) is 26.4 Å². The first-order valence-corrected chi connectivity index (χ1v) is 32.9. The Morgan fingerprint density at radius 2 is 0.659 bits per heavy atom. The molecule has 3 atom stereocenters. The fraction of sp³-hybridized carbons (Fsp3) is 0.586. The zero-order valence-electron chi connectivity index (χ0n) is 51.1. The first-order valence-electron chi connectivity index (χ1n) is 31.4. The summed E-state index contributed by atoms with van der Waals surface area (Å²) in [7, 11) is -4.80. The van der Waals surface area contributed by atoms with Gasteiger partial charge >= 0.3 is 25.7 Å². The van der Waals surface area contributed by atoms with E-state index in [0.717, 1.165) is 135 Å². The Morgan fingerprint density at radius 3 is 1.05 bits per heavy atom. The lowest BCUT2D eigenvalue weighted by Crippen LogP contribution is -2.30. The summed E-state index contributed by atoms with van der Waals surface area (Å²) < 4.78 is 39.5. The van der Waals surface area contributed by atoms with Crippen LogP contribution in [0, 0.1) is 0 Å². The molecule has 0 bridgehead atoms. The van der Waals surface area contributed by atoms with Crippen molar-refractivity contribution >= 4 is 25.7 Å². The summed E-state index contributed by atoms with van der Waals surface area (Å²) >= 11 is 0. The molecule has 0 saturated carbocycles. The van der Waals surface area contributed by atoms with E-state index in [1.54, 1.807) is 0 Å². The number of aliphatic hydroxyl groups excluding tert-OH is 1. The summed E-state index contributed by atoms with van der Waals surface area (Å²) in [4.78, 5) is 48.7. The average Bonchev–Trinajstić information content (AvgIpc) is 3.50. The van der Waals surface area contributed by atoms with E-state index in [4.69, 9.17) is 23.3 Å². The van der Waals surface area contributed by atoms with E-state index in [0.29, 0.717) is 25.7 Å². The minimum atomic E-state index is -4.80. The normalized spacial score (nSPS) is 14.4. The lowest BCUT2D eigenvalue weighted by atomic mass is 10.1. The van der Waals surface area contributed by atoms with Crippen LogP contribution < -0.4 is 0 Å². The predicted octanol–water partition coefficient (Wildman–Crippen LogP) is 19.3. The molecule has 0 aromatic rings. The minimum Gasteiger partial charge on any atom is -0.462 e. The molecule has 0 heterocycles. The van der Waals surface area contributed by atoms with Crippen molar-refractivity contribution < 1.29 is 52.2 Å². The van der Waals surface area contributed by atoms with Gasteiger partial charge < -0.3 is 24.2 Å². The van der Waals surface area contributed by atoms with Gasteiger partial charge in [-0.05, 0) is 135 Å². The van der Waals surface area contributed by atoms with Gasteiger partial charge in [0, 0.05) is 19.3 Å². The van der Waals surface area contributed by atoms with Gasteiger partial charge in [0.05, 0.1) is 19.8 Å². The van der Waals surface area contributed by atoms with Gasteiger partial charge in [-0.15, -0.1) is 0 Å². The van der Waals surface area contributed by atoms with Crippen LogP contribution in [0.1, 0.15) is 226 Å². The van der Waals surface area contributed by atoms with Crippen molar-refractivity contribution in [3.05, 3.63) is 158 Å². The van der Waals surface area contributed by atoms with Gasteiger partial charge in [0.25, 0.3) is 0 Å². The van der Waals surface area contributed by atoms with Crippen LogP contribution in [0.2, 0.25) is 0 Å². The molecule has 3 unspecified atom stereocenters. The third-order valence-corrected chi connectivity index (χ3v) is 13.4. The van der Waals surface area contributed by atoms with Gasteiger partial charge in [0.15, 0.2) is 6.10 Å². The molecule has 82 heavy (non-hydrogen) atoms. The van der Waals surface area contributed by atoms with Crippen molar-refractivity contribution in [1.82, 2.24) is 0 Å². The summed E-state index contributed by atoms with van der Waals surface area (Å²) in [6.07, 6.45) is 82.1. The summed E-state index contributed by atoms with van der Waals surface area (Å²) in [5.41, 5.74) is 0. The zero-order chi connectivity index (χ0) is 59.8. The van der Waals surface area contributed by atoms with Crippen molar-refractivity contribution in [2.24, 2.45) is 0 Å². The van der Waals surface area contributed by atoms with Crippen LogP contribution in [0.4, 0.5) is 0 Å². The maximum absolute atomic E-state index is 12.9. The number of ether oxygens (including phenoxy) is 3. The maximum Gasteiger partial charge on any atom is 0.472 e. The number of esters is 3. The zero-order valence-corrected chi connectivity index (χ0v) is 52.0. The number of phosphoric ester groups is 1. The Labute approximate surface area is 498 Å². The topological polar surface area (TPSA) is 155 Å². The van der Waals surface area contributed by atoms with Crippen LogP contribution >= 0.6 is 7.82 Å². The molecular weight excluding hydrogens is 1050 g/mol. The van der Waals surface area contributed by atoms with Crippen LogP contribution in [0.15, 0.2) is 158 Å². The highest BCUT2D eigenvalue weighted by molar-refractivity contribution is 7.47. The van der Waals surface area contributed by atoms with Gasteiger partial charge in [-0.3, -0.25) is 23.4 Å². The molecule has 0 radical (unpaired) electrons. The van der Waals surface area contributed by atoms with E-state index in [1.165, 1.54) is 25.7 Å². The molecule has 0 saturated heterocycles. The summed E-state index contributed by atoms with van der Waals surface area (Å²) in [6, 6.07) is 0. The fourth-order valence-corrected chi connectivity index (χ4v) is 8.52.